The van der Waals surface area contributed by atoms with Gasteiger partial charge in [0.05, 0.1) is 23.3 Å². The van der Waals surface area contributed by atoms with Crippen LogP contribution in [0.3, 0.4) is 0 Å². The Kier molecular flexibility index (Phi) is 5.97. The lowest BCUT2D eigenvalue weighted by Crippen LogP contribution is -2.32. The molecular formula is C16H19N3O4S. The molecule has 0 bridgehead atoms. The van der Waals surface area contributed by atoms with Gasteiger partial charge in [-0.05, 0) is 26.0 Å². The third-order valence-electron chi connectivity index (χ3n) is 3.34. The van der Waals surface area contributed by atoms with Gasteiger partial charge in [-0.1, -0.05) is 23.9 Å². The van der Waals surface area contributed by atoms with Crippen LogP contribution >= 0.6 is 11.8 Å². The van der Waals surface area contributed by atoms with Crippen molar-refractivity contribution in [2.24, 2.45) is 0 Å². The number of hydrogen-bond donors (Lipinski definition) is 1. The lowest BCUT2D eigenvalue weighted by atomic mass is 10.2. The predicted octanol–water partition coefficient (Wildman–Crippen LogP) is 1.19. The Bertz CT molecular complexity index is 819. The third-order valence-corrected chi connectivity index (χ3v) is 4.43. The molecule has 1 amide bonds. The summed E-state index contributed by atoms with van der Waals surface area (Å²) in [5.74, 6) is -0.712. The first-order chi connectivity index (χ1) is 11.5. The van der Waals surface area contributed by atoms with E-state index >= 15 is 0 Å². The molecule has 1 atom stereocenters. The van der Waals surface area contributed by atoms with Crippen LogP contribution in [0.5, 0.6) is 0 Å². The topological polar surface area (TPSA) is 90.3 Å². The Morgan fingerprint density at radius 2 is 2.08 bits per heavy atom. The quantitative estimate of drug-likeness (QED) is 0.479. The van der Waals surface area contributed by atoms with Crippen molar-refractivity contribution in [3.05, 3.63) is 34.6 Å². The average molecular weight is 349 g/mol. The number of rotatable bonds is 6. The fourth-order valence-electron chi connectivity index (χ4n) is 2.10. The average Bonchev–Trinajstić information content (AvgIpc) is 2.58. The van der Waals surface area contributed by atoms with E-state index in [4.69, 9.17) is 0 Å². The summed E-state index contributed by atoms with van der Waals surface area (Å²) in [5, 5.41) is 2.99. The van der Waals surface area contributed by atoms with Gasteiger partial charge in [0.15, 0.2) is 5.16 Å². The van der Waals surface area contributed by atoms with Crippen LogP contribution in [0, 0.1) is 0 Å². The monoisotopic (exact) mass is 349 g/mol. The van der Waals surface area contributed by atoms with E-state index in [-0.39, 0.29) is 18.0 Å². The number of nitrogens with one attached hydrogen (secondary N) is 1. The van der Waals surface area contributed by atoms with Crippen molar-refractivity contribution in [1.82, 2.24) is 14.9 Å². The molecule has 2 aromatic rings. The molecule has 1 heterocycles. The second-order valence-electron chi connectivity index (χ2n) is 5.03. The van der Waals surface area contributed by atoms with E-state index in [1.807, 2.05) is 6.92 Å². The van der Waals surface area contributed by atoms with E-state index < -0.39 is 11.2 Å². The number of esters is 1. The van der Waals surface area contributed by atoms with Crippen molar-refractivity contribution >= 4 is 34.5 Å². The van der Waals surface area contributed by atoms with E-state index in [1.54, 1.807) is 31.2 Å². The zero-order chi connectivity index (χ0) is 17.7. The maximum Gasteiger partial charge on any atom is 0.325 e. The van der Waals surface area contributed by atoms with E-state index in [0.29, 0.717) is 22.6 Å². The lowest BCUT2D eigenvalue weighted by molar-refractivity contribution is -0.141. The normalized spacial score (nSPS) is 12.0. The van der Waals surface area contributed by atoms with Gasteiger partial charge in [0.25, 0.3) is 5.56 Å². The first kappa shape index (κ1) is 18.0. The number of aromatic nitrogens is 2. The number of nitrogens with zero attached hydrogens (tertiary/aromatic N) is 2. The van der Waals surface area contributed by atoms with Gasteiger partial charge in [0.2, 0.25) is 5.91 Å². The van der Waals surface area contributed by atoms with Crippen LogP contribution in [0.1, 0.15) is 13.8 Å². The number of carbonyl (C=O) groups excluding carboxylic acids is 2. The smallest absolute Gasteiger partial charge is 0.325 e. The van der Waals surface area contributed by atoms with Crippen molar-refractivity contribution in [3.8, 4) is 0 Å². The van der Waals surface area contributed by atoms with Gasteiger partial charge in [0, 0.05) is 6.54 Å². The Hall–Kier alpha value is -2.35. The summed E-state index contributed by atoms with van der Waals surface area (Å²) >= 11 is 1.13. The minimum Gasteiger partial charge on any atom is -0.468 e. The number of thioether (sulfide) groups is 1. The van der Waals surface area contributed by atoms with Crippen LogP contribution in [0.2, 0.25) is 0 Å². The summed E-state index contributed by atoms with van der Waals surface area (Å²) in [5.41, 5.74) is 0.186. The number of methoxy groups -OCH3 is 1. The van der Waals surface area contributed by atoms with Gasteiger partial charge in [0.1, 0.15) is 6.54 Å². The lowest BCUT2D eigenvalue weighted by Gasteiger charge is -2.15. The molecular weight excluding hydrogens is 330 g/mol. The van der Waals surface area contributed by atoms with Crippen molar-refractivity contribution in [1.29, 1.82) is 0 Å². The summed E-state index contributed by atoms with van der Waals surface area (Å²) in [4.78, 5) is 40.7. The minimum absolute atomic E-state index is 0.158. The zero-order valence-electron chi connectivity index (χ0n) is 13.7. The SMILES string of the molecule is CCNC(=O)[C@@H](C)Sc1nc2ccccc2c(=O)n1CC(=O)OC. The molecule has 0 saturated carbocycles. The van der Waals surface area contributed by atoms with E-state index in [1.165, 1.54) is 11.7 Å². The maximum atomic E-state index is 12.7. The molecule has 0 aliphatic rings. The Morgan fingerprint density at radius 3 is 2.75 bits per heavy atom. The molecule has 7 nitrogen and oxygen atoms in total. The number of ether oxygens (including phenoxy) is 1. The largest absolute Gasteiger partial charge is 0.468 e. The highest BCUT2D eigenvalue weighted by Crippen LogP contribution is 2.22. The molecule has 24 heavy (non-hydrogen) atoms. The number of para-hydroxylation sites is 1. The molecule has 0 aliphatic carbocycles. The second kappa shape index (κ2) is 7.96. The molecule has 0 radical (unpaired) electrons. The molecule has 2 rings (SSSR count). The second-order valence-corrected chi connectivity index (χ2v) is 6.34. The van der Waals surface area contributed by atoms with E-state index in [2.05, 4.69) is 15.0 Å². The van der Waals surface area contributed by atoms with Crippen molar-refractivity contribution in [2.45, 2.75) is 30.8 Å². The molecule has 1 N–H and O–H groups in total. The van der Waals surface area contributed by atoms with Gasteiger partial charge < -0.3 is 10.1 Å². The standard InChI is InChI=1S/C16H19N3O4S/c1-4-17-14(21)10(2)24-16-18-12-8-6-5-7-11(12)15(22)19(16)9-13(20)23-3/h5-8,10H,4,9H2,1-3H3,(H,17,21)/t10-/m1/s1. The van der Waals surface area contributed by atoms with E-state index in [9.17, 15) is 14.4 Å². The number of carbonyl (C=O) groups is 2. The fourth-order valence-corrected chi connectivity index (χ4v) is 3.03. The summed E-state index contributed by atoms with van der Waals surface area (Å²) in [6.45, 7) is 3.82. The van der Waals surface area contributed by atoms with Crippen LogP contribution < -0.4 is 10.9 Å². The highest BCUT2D eigenvalue weighted by atomic mass is 32.2. The number of hydrogen-bond acceptors (Lipinski definition) is 6. The zero-order valence-corrected chi connectivity index (χ0v) is 14.6. The summed E-state index contributed by atoms with van der Waals surface area (Å²) < 4.78 is 5.90. The molecule has 1 aromatic heterocycles. The molecule has 128 valence electrons. The third kappa shape index (κ3) is 3.94. The first-order valence-corrected chi connectivity index (χ1v) is 8.36. The van der Waals surface area contributed by atoms with Gasteiger partial charge in [-0.3, -0.25) is 19.0 Å². The maximum absolute atomic E-state index is 12.7. The van der Waals surface area contributed by atoms with E-state index in [0.717, 1.165) is 11.8 Å². The molecule has 8 heteroatoms. The highest BCUT2D eigenvalue weighted by Gasteiger charge is 2.20. The molecule has 0 saturated heterocycles. The number of amides is 1. The van der Waals surface area contributed by atoms with Crippen molar-refractivity contribution < 1.29 is 14.3 Å². The fraction of sp³-hybridized carbons (Fsp3) is 0.375. The van der Waals surface area contributed by atoms with Crippen LogP contribution in [0.25, 0.3) is 10.9 Å². The van der Waals surface area contributed by atoms with Gasteiger partial charge >= 0.3 is 5.97 Å². The Morgan fingerprint density at radius 1 is 1.38 bits per heavy atom. The summed E-state index contributed by atoms with van der Waals surface area (Å²) in [6.07, 6.45) is 0. The minimum atomic E-state index is -0.554. The molecule has 0 spiro atoms. The Labute approximate surface area is 143 Å². The highest BCUT2D eigenvalue weighted by molar-refractivity contribution is 8.00. The van der Waals surface area contributed by atoms with Gasteiger partial charge in [-0.15, -0.1) is 0 Å². The van der Waals surface area contributed by atoms with Crippen molar-refractivity contribution in [3.63, 3.8) is 0 Å². The molecule has 0 unspecified atom stereocenters. The Balaban J connectivity index is 2.49. The summed E-state index contributed by atoms with van der Waals surface area (Å²) in [7, 11) is 1.26. The van der Waals surface area contributed by atoms with Crippen molar-refractivity contribution in [2.75, 3.05) is 13.7 Å². The number of benzene rings is 1. The summed E-state index contributed by atoms with van der Waals surface area (Å²) in [6, 6.07) is 6.89. The van der Waals surface area contributed by atoms with Crippen LogP contribution in [0.15, 0.2) is 34.2 Å². The van der Waals surface area contributed by atoms with Gasteiger partial charge in [-0.2, -0.15) is 0 Å². The molecule has 0 aliphatic heterocycles. The number of fused-ring (bicyclic) bond motifs is 1. The molecule has 0 fully saturated rings. The predicted molar refractivity (Wildman–Crippen MR) is 92.0 cm³/mol. The van der Waals surface area contributed by atoms with Crippen LogP contribution in [-0.4, -0.2) is 40.3 Å². The first-order valence-electron chi connectivity index (χ1n) is 7.48. The van der Waals surface area contributed by atoms with Gasteiger partial charge in [-0.25, -0.2) is 4.98 Å². The molecule has 1 aromatic carbocycles. The van der Waals surface area contributed by atoms with Crippen LogP contribution in [0.4, 0.5) is 0 Å². The van der Waals surface area contributed by atoms with Crippen LogP contribution in [-0.2, 0) is 20.9 Å².